The maximum Gasteiger partial charge on any atom is 0.345 e. The number of rotatable bonds is 6. The van der Waals surface area contributed by atoms with Gasteiger partial charge in [0.05, 0.1) is 13.4 Å². The van der Waals surface area contributed by atoms with Crippen molar-refractivity contribution in [2.75, 3.05) is 13.7 Å². The minimum Gasteiger partial charge on any atom is -0.465 e. The third kappa shape index (κ3) is 4.20. The van der Waals surface area contributed by atoms with E-state index in [4.69, 9.17) is 0 Å². The van der Waals surface area contributed by atoms with E-state index in [1.54, 1.807) is 0 Å². The van der Waals surface area contributed by atoms with E-state index in [9.17, 15) is 14.4 Å². The van der Waals surface area contributed by atoms with Gasteiger partial charge in [0.1, 0.15) is 12.1 Å². The average Bonchev–Trinajstić information content (AvgIpc) is 2.40. The van der Waals surface area contributed by atoms with Crippen molar-refractivity contribution in [3.8, 4) is 0 Å². The second-order valence-corrected chi connectivity index (χ2v) is 3.94. The average molecular weight is 267 g/mol. The van der Waals surface area contributed by atoms with E-state index in [1.165, 1.54) is 13.4 Å². The van der Waals surface area contributed by atoms with Crippen molar-refractivity contribution in [3.05, 3.63) is 28.4 Å². The van der Waals surface area contributed by atoms with Gasteiger partial charge in [-0.2, -0.15) is 0 Å². The predicted molar refractivity (Wildman–Crippen MR) is 67.8 cm³/mol. The summed E-state index contributed by atoms with van der Waals surface area (Å²) < 4.78 is 5.54. The van der Waals surface area contributed by atoms with Crippen LogP contribution in [0.5, 0.6) is 0 Å². The summed E-state index contributed by atoms with van der Waals surface area (Å²) in [6.45, 7) is 2.41. The molecule has 0 aliphatic carbocycles. The predicted octanol–water partition coefficient (Wildman–Crippen LogP) is -0.0538. The SMILES string of the molecule is CCCCNC(=O)Cn1cncc(C(=O)OC)c1=O. The molecule has 0 bridgehead atoms. The van der Waals surface area contributed by atoms with E-state index in [1.807, 2.05) is 6.92 Å². The van der Waals surface area contributed by atoms with Crippen LogP contribution in [0, 0.1) is 0 Å². The smallest absolute Gasteiger partial charge is 0.345 e. The van der Waals surface area contributed by atoms with E-state index in [0.717, 1.165) is 23.6 Å². The minimum atomic E-state index is -0.766. The van der Waals surface area contributed by atoms with Crippen LogP contribution in [0.4, 0.5) is 0 Å². The van der Waals surface area contributed by atoms with Crippen molar-refractivity contribution < 1.29 is 14.3 Å². The summed E-state index contributed by atoms with van der Waals surface area (Å²) in [4.78, 5) is 38.5. The molecule has 0 aromatic carbocycles. The first kappa shape index (κ1) is 14.9. The van der Waals surface area contributed by atoms with E-state index in [2.05, 4.69) is 15.0 Å². The van der Waals surface area contributed by atoms with Gasteiger partial charge in [-0.25, -0.2) is 9.78 Å². The molecule has 0 spiro atoms. The van der Waals surface area contributed by atoms with Gasteiger partial charge in [0.15, 0.2) is 0 Å². The van der Waals surface area contributed by atoms with E-state index < -0.39 is 11.5 Å². The fourth-order valence-electron chi connectivity index (χ4n) is 1.43. The van der Waals surface area contributed by atoms with Crippen molar-refractivity contribution in [1.82, 2.24) is 14.9 Å². The Kier molecular flexibility index (Phi) is 5.72. The van der Waals surface area contributed by atoms with Crippen LogP contribution < -0.4 is 10.9 Å². The van der Waals surface area contributed by atoms with Crippen LogP contribution in [-0.4, -0.2) is 35.1 Å². The Morgan fingerprint density at radius 2 is 2.21 bits per heavy atom. The van der Waals surface area contributed by atoms with Crippen molar-refractivity contribution >= 4 is 11.9 Å². The van der Waals surface area contributed by atoms with Crippen LogP contribution in [0.2, 0.25) is 0 Å². The lowest BCUT2D eigenvalue weighted by atomic mass is 10.3. The molecule has 1 rings (SSSR count). The van der Waals surface area contributed by atoms with Crippen LogP contribution in [0.3, 0.4) is 0 Å². The fraction of sp³-hybridized carbons (Fsp3) is 0.500. The normalized spacial score (nSPS) is 10.0. The maximum atomic E-state index is 11.9. The van der Waals surface area contributed by atoms with Crippen molar-refractivity contribution in [2.24, 2.45) is 0 Å². The third-order valence-electron chi connectivity index (χ3n) is 2.47. The molecule has 0 saturated carbocycles. The number of hydrogen-bond donors (Lipinski definition) is 1. The monoisotopic (exact) mass is 267 g/mol. The van der Waals surface area contributed by atoms with E-state index in [-0.39, 0.29) is 18.0 Å². The van der Waals surface area contributed by atoms with Gasteiger partial charge in [-0.1, -0.05) is 13.3 Å². The van der Waals surface area contributed by atoms with Gasteiger partial charge in [-0.05, 0) is 6.42 Å². The van der Waals surface area contributed by atoms with Gasteiger partial charge in [-0.3, -0.25) is 14.2 Å². The zero-order valence-corrected chi connectivity index (χ0v) is 11.0. The Morgan fingerprint density at radius 1 is 1.47 bits per heavy atom. The molecule has 104 valence electrons. The van der Waals surface area contributed by atoms with Gasteiger partial charge in [0, 0.05) is 12.7 Å². The van der Waals surface area contributed by atoms with Crippen LogP contribution >= 0.6 is 0 Å². The second kappa shape index (κ2) is 7.30. The zero-order valence-electron chi connectivity index (χ0n) is 11.0. The molecular weight excluding hydrogens is 250 g/mol. The summed E-state index contributed by atoms with van der Waals surface area (Å²) in [5.41, 5.74) is -0.779. The van der Waals surface area contributed by atoms with Crippen molar-refractivity contribution in [1.29, 1.82) is 0 Å². The largest absolute Gasteiger partial charge is 0.465 e. The van der Waals surface area contributed by atoms with Gasteiger partial charge >= 0.3 is 5.97 Å². The van der Waals surface area contributed by atoms with Gasteiger partial charge in [-0.15, -0.1) is 0 Å². The minimum absolute atomic E-state index is 0.166. The number of methoxy groups -OCH3 is 1. The number of nitrogens with one attached hydrogen (secondary N) is 1. The molecule has 0 radical (unpaired) electrons. The molecule has 1 N–H and O–H groups in total. The molecular formula is C12H17N3O4. The van der Waals surface area contributed by atoms with Gasteiger partial charge in [0.25, 0.3) is 5.56 Å². The molecule has 1 amide bonds. The summed E-state index contributed by atoms with van der Waals surface area (Å²) in [5, 5.41) is 2.68. The maximum absolute atomic E-state index is 11.9. The molecule has 7 heteroatoms. The van der Waals surface area contributed by atoms with E-state index >= 15 is 0 Å². The highest BCUT2D eigenvalue weighted by Crippen LogP contribution is 1.92. The molecule has 0 aliphatic heterocycles. The number of amides is 1. The Bertz CT molecular complexity index is 510. The highest BCUT2D eigenvalue weighted by Gasteiger charge is 2.14. The molecule has 0 aliphatic rings. The molecule has 0 atom stereocenters. The van der Waals surface area contributed by atoms with Crippen LogP contribution in [0.25, 0.3) is 0 Å². The second-order valence-electron chi connectivity index (χ2n) is 3.94. The number of esters is 1. The summed E-state index contributed by atoms with van der Waals surface area (Å²) in [5.74, 6) is -1.06. The topological polar surface area (TPSA) is 90.3 Å². The van der Waals surface area contributed by atoms with Crippen molar-refractivity contribution in [2.45, 2.75) is 26.3 Å². The number of aromatic nitrogens is 2. The van der Waals surface area contributed by atoms with Crippen LogP contribution in [-0.2, 0) is 16.1 Å². The number of carbonyl (C=O) groups excluding carboxylic acids is 2. The van der Waals surface area contributed by atoms with Crippen LogP contribution in [0.15, 0.2) is 17.3 Å². The Labute approximate surface area is 110 Å². The Hall–Kier alpha value is -2.18. The lowest BCUT2D eigenvalue weighted by molar-refractivity contribution is -0.121. The number of carbonyl (C=O) groups is 2. The lowest BCUT2D eigenvalue weighted by Gasteiger charge is -2.07. The molecule has 0 saturated heterocycles. The molecule has 19 heavy (non-hydrogen) atoms. The summed E-state index contributed by atoms with van der Waals surface area (Å²) >= 11 is 0. The van der Waals surface area contributed by atoms with Gasteiger partial charge < -0.3 is 10.1 Å². The first-order valence-corrected chi connectivity index (χ1v) is 5.99. The summed E-state index contributed by atoms with van der Waals surface area (Å²) in [6.07, 6.45) is 4.19. The Morgan fingerprint density at radius 3 is 2.84 bits per heavy atom. The van der Waals surface area contributed by atoms with Gasteiger partial charge in [0.2, 0.25) is 5.91 Å². The number of nitrogens with zero attached hydrogens (tertiary/aromatic N) is 2. The molecule has 1 aromatic heterocycles. The quantitative estimate of drug-likeness (QED) is 0.576. The number of ether oxygens (including phenoxy) is 1. The summed E-state index contributed by atoms with van der Waals surface area (Å²) in [6, 6.07) is 0. The highest BCUT2D eigenvalue weighted by molar-refractivity contribution is 5.88. The number of hydrogen-bond acceptors (Lipinski definition) is 5. The lowest BCUT2D eigenvalue weighted by Crippen LogP contribution is -2.35. The Balaban J connectivity index is 2.77. The molecule has 7 nitrogen and oxygen atoms in total. The molecule has 0 fully saturated rings. The zero-order chi connectivity index (χ0) is 14.3. The number of unbranched alkanes of at least 4 members (excludes halogenated alkanes) is 1. The highest BCUT2D eigenvalue weighted by atomic mass is 16.5. The summed E-state index contributed by atoms with van der Waals surface area (Å²) in [7, 11) is 1.18. The standard InChI is InChI=1S/C12H17N3O4/c1-3-4-5-14-10(16)7-15-8-13-6-9(11(15)17)12(18)19-2/h6,8H,3-5,7H2,1-2H3,(H,14,16). The molecule has 1 heterocycles. The van der Waals surface area contributed by atoms with E-state index in [0.29, 0.717) is 6.54 Å². The molecule has 1 aromatic rings. The third-order valence-corrected chi connectivity index (χ3v) is 2.47. The molecule has 0 unspecified atom stereocenters. The fourth-order valence-corrected chi connectivity index (χ4v) is 1.43. The first-order valence-electron chi connectivity index (χ1n) is 5.99. The van der Waals surface area contributed by atoms with Crippen molar-refractivity contribution in [3.63, 3.8) is 0 Å². The van der Waals surface area contributed by atoms with Crippen LogP contribution in [0.1, 0.15) is 30.1 Å². The first-order chi connectivity index (χ1) is 9.10.